The Bertz CT molecular complexity index is 891. The maximum absolute atomic E-state index is 4.62. The first-order chi connectivity index (χ1) is 13.2. The van der Waals surface area contributed by atoms with E-state index in [-0.39, 0.29) is 0 Å². The molecule has 0 atom stereocenters. The highest BCUT2D eigenvalue weighted by Gasteiger charge is 2.06. The van der Waals surface area contributed by atoms with Crippen LogP contribution in [0, 0.1) is 6.92 Å². The minimum absolute atomic E-state index is 0.855. The van der Waals surface area contributed by atoms with Gasteiger partial charge in [-0.1, -0.05) is 12.1 Å². The Labute approximate surface area is 160 Å². The maximum Gasteiger partial charge on any atom is 0.190 e. The first-order valence-electron chi connectivity index (χ1n) is 9.51. The highest BCUT2D eigenvalue weighted by Crippen LogP contribution is 2.15. The smallest absolute Gasteiger partial charge is 0.190 e. The summed E-state index contributed by atoms with van der Waals surface area (Å²) < 4.78 is 4.12. The van der Waals surface area contributed by atoms with Gasteiger partial charge in [0.15, 0.2) is 5.96 Å². The van der Waals surface area contributed by atoms with Crippen molar-refractivity contribution in [1.82, 2.24) is 30.0 Å². The van der Waals surface area contributed by atoms with Gasteiger partial charge in [0.05, 0.1) is 17.2 Å². The van der Waals surface area contributed by atoms with Gasteiger partial charge in [-0.25, -0.2) is 4.98 Å². The van der Waals surface area contributed by atoms with Crippen molar-refractivity contribution in [2.45, 2.75) is 32.7 Å². The third-order valence-electron chi connectivity index (χ3n) is 4.61. The third kappa shape index (κ3) is 5.09. The summed E-state index contributed by atoms with van der Waals surface area (Å²) in [6.07, 6.45) is 7.07. The number of para-hydroxylation sites is 2. The van der Waals surface area contributed by atoms with Crippen LogP contribution in [0.15, 0.2) is 41.7 Å². The van der Waals surface area contributed by atoms with Crippen LogP contribution in [0.3, 0.4) is 0 Å². The van der Waals surface area contributed by atoms with Crippen molar-refractivity contribution in [1.29, 1.82) is 0 Å². The molecule has 0 aliphatic rings. The standard InChI is InChI=1S/C20H29N7/c1-16-25-18-9-4-5-10-19(18)27(16)13-7-12-23-20(21-2)22-11-6-8-17-14-24-26(3)15-17/h4-5,9-10,14-15H,6-8,11-13H2,1-3H3,(H2,21,22,23). The number of aromatic nitrogens is 4. The summed E-state index contributed by atoms with van der Waals surface area (Å²) in [5.41, 5.74) is 3.53. The molecule has 7 heteroatoms. The number of nitrogens with zero attached hydrogens (tertiary/aromatic N) is 5. The van der Waals surface area contributed by atoms with Crippen LogP contribution in [0.2, 0.25) is 0 Å². The number of fused-ring (bicyclic) bond motifs is 1. The summed E-state index contributed by atoms with van der Waals surface area (Å²) in [5.74, 6) is 1.92. The van der Waals surface area contributed by atoms with Gasteiger partial charge in [-0.3, -0.25) is 9.67 Å². The van der Waals surface area contributed by atoms with Crippen LogP contribution in [0.25, 0.3) is 11.0 Å². The second-order valence-corrected chi connectivity index (χ2v) is 6.70. The highest BCUT2D eigenvalue weighted by atomic mass is 15.2. The number of aryl methyl sites for hydroxylation is 4. The van der Waals surface area contributed by atoms with E-state index >= 15 is 0 Å². The van der Waals surface area contributed by atoms with E-state index in [1.54, 1.807) is 0 Å². The molecule has 0 fully saturated rings. The average molecular weight is 368 g/mol. The monoisotopic (exact) mass is 367 g/mol. The molecule has 7 nitrogen and oxygen atoms in total. The van der Waals surface area contributed by atoms with E-state index in [0.29, 0.717) is 0 Å². The molecule has 0 bridgehead atoms. The van der Waals surface area contributed by atoms with Crippen LogP contribution in [0.1, 0.15) is 24.2 Å². The quantitative estimate of drug-likeness (QED) is 0.364. The average Bonchev–Trinajstić information content (AvgIpc) is 3.22. The number of guanidine groups is 1. The van der Waals surface area contributed by atoms with E-state index in [4.69, 9.17) is 0 Å². The van der Waals surface area contributed by atoms with Gasteiger partial charge in [0.1, 0.15) is 5.82 Å². The predicted molar refractivity (Wildman–Crippen MR) is 110 cm³/mol. The first kappa shape index (κ1) is 18.9. The van der Waals surface area contributed by atoms with Crippen molar-refractivity contribution >= 4 is 17.0 Å². The molecule has 0 saturated carbocycles. The molecule has 1 aromatic carbocycles. The van der Waals surface area contributed by atoms with Gasteiger partial charge in [0, 0.05) is 39.9 Å². The third-order valence-corrected chi connectivity index (χ3v) is 4.61. The molecule has 2 heterocycles. The molecule has 2 aromatic heterocycles. The minimum atomic E-state index is 0.855. The van der Waals surface area contributed by atoms with Crippen molar-refractivity contribution in [3.05, 3.63) is 48.0 Å². The number of hydrogen-bond acceptors (Lipinski definition) is 3. The molecule has 0 aliphatic carbocycles. The summed E-state index contributed by atoms with van der Waals surface area (Å²) in [5, 5.41) is 11.0. The van der Waals surface area contributed by atoms with E-state index < -0.39 is 0 Å². The van der Waals surface area contributed by atoms with E-state index in [0.717, 1.165) is 56.2 Å². The zero-order valence-corrected chi connectivity index (χ0v) is 16.4. The molecular weight excluding hydrogens is 338 g/mol. The molecule has 0 aliphatic heterocycles. The summed E-state index contributed by atoms with van der Waals surface area (Å²) >= 11 is 0. The van der Waals surface area contributed by atoms with Crippen molar-refractivity contribution in [2.75, 3.05) is 20.1 Å². The van der Waals surface area contributed by atoms with E-state index in [1.807, 2.05) is 31.0 Å². The normalized spacial score (nSPS) is 11.9. The molecule has 0 unspecified atom stereocenters. The van der Waals surface area contributed by atoms with Gasteiger partial charge in [0.25, 0.3) is 0 Å². The fraction of sp³-hybridized carbons (Fsp3) is 0.450. The Morgan fingerprint density at radius 2 is 1.93 bits per heavy atom. The van der Waals surface area contributed by atoms with Gasteiger partial charge in [-0.2, -0.15) is 5.10 Å². The second kappa shape index (κ2) is 9.21. The Balaban J connectivity index is 1.37. The van der Waals surface area contributed by atoms with Crippen LogP contribution in [0.5, 0.6) is 0 Å². The topological polar surface area (TPSA) is 72.1 Å². The number of hydrogen-bond donors (Lipinski definition) is 2. The van der Waals surface area contributed by atoms with Gasteiger partial charge in [0.2, 0.25) is 0 Å². The van der Waals surface area contributed by atoms with Crippen molar-refractivity contribution in [2.24, 2.45) is 12.0 Å². The van der Waals surface area contributed by atoms with E-state index in [1.165, 1.54) is 11.1 Å². The van der Waals surface area contributed by atoms with Gasteiger partial charge >= 0.3 is 0 Å². The Morgan fingerprint density at radius 3 is 2.67 bits per heavy atom. The van der Waals surface area contributed by atoms with Crippen LogP contribution in [-0.2, 0) is 20.0 Å². The summed E-state index contributed by atoms with van der Waals surface area (Å²) in [6.45, 7) is 4.77. The lowest BCUT2D eigenvalue weighted by Crippen LogP contribution is -2.38. The zero-order valence-electron chi connectivity index (χ0n) is 16.4. The summed E-state index contributed by atoms with van der Waals surface area (Å²) in [4.78, 5) is 8.92. The molecule has 0 saturated heterocycles. The lowest BCUT2D eigenvalue weighted by atomic mass is 10.2. The molecule has 0 amide bonds. The Kier molecular flexibility index (Phi) is 6.46. The molecule has 3 aromatic rings. The van der Waals surface area contributed by atoms with Crippen LogP contribution < -0.4 is 10.6 Å². The molecule has 3 rings (SSSR count). The lowest BCUT2D eigenvalue weighted by molar-refractivity contribution is 0.623. The van der Waals surface area contributed by atoms with E-state index in [2.05, 4.69) is 61.6 Å². The number of nitrogens with one attached hydrogen (secondary N) is 2. The van der Waals surface area contributed by atoms with Crippen molar-refractivity contribution in [3.63, 3.8) is 0 Å². The minimum Gasteiger partial charge on any atom is -0.356 e. The lowest BCUT2D eigenvalue weighted by Gasteiger charge is -2.12. The van der Waals surface area contributed by atoms with Crippen molar-refractivity contribution in [3.8, 4) is 0 Å². The molecule has 0 radical (unpaired) electrons. The number of imidazole rings is 1. The number of benzene rings is 1. The molecule has 2 N–H and O–H groups in total. The van der Waals surface area contributed by atoms with Gasteiger partial charge in [-0.05, 0) is 43.9 Å². The summed E-state index contributed by atoms with van der Waals surface area (Å²) in [6, 6.07) is 8.29. The van der Waals surface area contributed by atoms with Crippen molar-refractivity contribution < 1.29 is 0 Å². The zero-order chi connectivity index (χ0) is 19.1. The molecule has 144 valence electrons. The fourth-order valence-electron chi connectivity index (χ4n) is 3.24. The van der Waals surface area contributed by atoms with Crippen LogP contribution in [-0.4, -0.2) is 45.4 Å². The number of aliphatic imine (C=N–C) groups is 1. The molecular formula is C20H29N7. The van der Waals surface area contributed by atoms with Gasteiger partial charge < -0.3 is 15.2 Å². The second-order valence-electron chi connectivity index (χ2n) is 6.70. The molecule has 27 heavy (non-hydrogen) atoms. The first-order valence-corrected chi connectivity index (χ1v) is 9.51. The molecule has 0 spiro atoms. The highest BCUT2D eigenvalue weighted by molar-refractivity contribution is 5.79. The predicted octanol–water partition coefficient (Wildman–Crippen LogP) is 2.27. The Morgan fingerprint density at radius 1 is 1.15 bits per heavy atom. The van der Waals surface area contributed by atoms with E-state index in [9.17, 15) is 0 Å². The van der Waals surface area contributed by atoms with Crippen LogP contribution in [0.4, 0.5) is 0 Å². The fourth-order valence-corrected chi connectivity index (χ4v) is 3.24. The SMILES string of the molecule is CN=C(NCCCc1cnn(C)c1)NCCCn1c(C)nc2ccccc21. The number of rotatable bonds is 8. The summed E-state index contributed by atoms with van der Waals surface area (Å²) in [7, 11) is 3.76. The largest absolute Gasteiger partial charge is 0.356 e. The Hall–Kier alpha value is -2.83. The van der Waals surface area contributed by atoms with Gasteiger partial charge in [-0.15, -0.1) is 0 Å². The maximum atomic E-state index is 4.62. The van der Waals surface area contributed by atoms with Crippen LogP contribution >= 0.6 is 0 Å².